The highest BCUT2D eigenvalue weighted by molar-refractivity contribution is 7.92. The second-order valence-corrected chi connectivity index (χ2v) is 7.05. The van der Waals surface area contributed by atoms with Gasteiger partial charge in [-0.3, -0.25) is 4.72 Å². The quantitative estimate of drug-likeness (QED) is 0.815. The lowest BCUT2D eigenvalue weighted by Gasteiger charge is -2.14. The molecule has 0 aliphatic rings. The summed E-state index contributed by atoms with van der Waals surface area (Å²) in [5.74, 6) is -0.299. The third-order valence-electron chi connectivity index (χ3n) is 2.78. The Morgan fingerprint density at radius 3 is 2.48 bits per heavy atom. The first-order valence-electron chi connectivity index (χ1n) is 6.22. The van der Waals surface area contributed by atoms with Crippen molar-refractivity contribution < 1.29 is 21.9 Å². The number of nitrogens with one attached hydrogen (secondary N) is 1. The van der Waals surface area contributed by atoms with Crippen LogP contribution in [0.25, 0.3) is 0 Å². The highest BCUT2D eigenvalue weighted by Crippen LogP contribution is 2.32. The van der Waals surface area contributed by atoms with E-state index < -0.39 is 16.6 Å². The summed E-state index contributed by atoms with van der Waals surface area (Å²) in [6.45, 7) is -1.41. The molecule has 0 bridgehead atoms. The molecule has 0 fully saturated rings. The number of benzene rings is 2. The molecule has 0 heterocycles. The molecule has 2 rings (SSSR count). The van der Waals surface area contributed by atoms with Gasteiger partial charge in [-0.1, -0.05) is 29.3 Å². The zero-order valence-corrected chi connectivity index (χ0v) is 14.0. The lowest BCUT2D eigenvalue weighted by Crippen LogP contribution is -2.15. The maximum Gasteiger partial charge on any atom is 0.387 e. The fraction of sp³-hybridized carbons (Fsp3) is 0.143. The van der Waals surface area contributed by atoms with Crippen LogP contribution >= 0.6 is 23.2 Å². The van der Waals surface area contributed by atoms with Crippen LogP contribution in [-0.2, 0) is 10.0 Å². The zero-order chi connectivity index (χ0) is 17.2. The predicted octanol–water partition coefficient (Wildman–Crippen LogP) is 4.70. The van der Waals surface area contributed by atoms with E-state index in [9.17, 15) is 17.2 Å². The van der Waals surface area contributed by atoms with Crippen LogP contribution < -0.4 is 9.46 Å². The number of ether oxygens (including phenoxy) is 1. The van der Waals surface area contributed by atoms with Gasteiger partial charge < -0.3 is 4.74 Å². The van der Waals surface area contributed by atoms with Crippen molar-refractivity contribution in [2.24, 2.45) is 0 Å². The van der Waals surface area contributed by atoms with E-state index in [-0.39, 0.29) is 26.4 Å². The fourth-order valence-corrected chi connectivity index (χ4v) is 3.63. The molecule has 0 aliphatic carbocycles. The van der Waals surface area contributed by atoms with E-state index in [4.69, 9.17) is 23.2 Å². The summed E-state index contributed by atoms with van der Waals surface area (Å²) < 4.78 is 56.2. The lowest BCUT2D eigenvalue weighted by atomic mass is 10.2. The number of hydrogen-bond donors (Lipinski definition) is 1. The number of sulfonamides is 1. The molecule has 0 radical (unpaired) electrons. The Hall–Kier alpha value is -1.57. The summed E-state index contributed by atoms with van der Waals surface area (Å²) >= 11 is 11.6. The largest absolute Gasteiger partial charge is 0.433 e. The van der Waals surface area contributed by atoms with Gasteiger partial charge in [0.25, 0.3) is 10.0 Å². The van der Waals surface area contributed by atoms with Gasteiger partial charge in [0.1, 0.15) is 10.6 Å². The molecule has 2 aromatic rings. The number of aryl methyl sites for hydroxylation is 1. The van der Waals surface area contributed by atoms with Crippen LogP contribution in [0.4, 0.5) is 14.5 Å². The van der Waals surface area contributed by atoms with E-state index in [1.165, 1.54) is 30.3 Å². The van der Waals surface area contributed by atoms with Gasteiger partial charge in [0.15, 0.2) is 0 Å². The van der Waals surface area contributed by atoms with Gasteiger partial charge in [0, 0.05) is 5.02 Å². The molecule has 0 saturated heterocycles. The molecular formula is C14H11Cl2F2NO3S. The van der Waals surface area contributed by atoms with Crippen molar-refractivity contribution in [3.63, 3.8) is 0 Å². The molecular weight excluding hydrogens is 371 g/mol. The van der Waals surface area contributed by atoms with Gasteiger partial charge in [-0.15, -0.1) is 0 Å². The van der Waals surface area contributed by atoms with Crippen molar-refractivity contribution in [2.75, 3.05) is 4.72 Å². The molecule has 0 amide bonds. The molecule has 0 atom stereocenters. The average molecular weight is 382 g/mol. The molecule has 1 N–H and O–H groups in total. The summed E-state index contributed by atoms with van der Waals surface area (Å²) in [5.41, 5.74) is 0.530. The first kappa shape index (κ1) is 17.8. The highest BCUT2D eigenvalue weighted by Gasteiger charge is 2.21. The first-order valence-corrected chi connectivity index (χ1v) is 8.46. The summed E-state index contributed by atoms with van der Waals surface area (Å²) in [6, 6.07) is 8.05. The van der Waals surface area contributed by atoms with E-state index in [0.717, 1.165) is 6.07 Å². The number of alkyl halides is 2. The van der Waals surface area contributed by atoms with Crippen molar-refractivity contribution in [1.29, 1.82) is 0 Å². The SMILES string of the molecule is Cc1ccc(OC(F)F)c(NS(=O)(=O)c2cc(Cl)ccc2Cl)c1. The van der Waals surface area contributed by atoms with E-state index in [1.807, 2.05) is 0 Å². The lowest BCUT2D eigenvalue weighted by molar-refractivity contribution is -0.0493. The zero-order valence-electron chi connectivity index (χ0n) is 11.7. The molecule has 4 nitrogen and oxygen atoms in total. The Bertz CT molecular complexity index is 829. The Kier molecular flexibility index (Phi) is 5.33. The van der Waals surface area contributed by atoms with E-state index >= 15 is 0 Å². The highest BCUT2D eigenvalue weighted by atomic mass is 35.5. The third kappa shape index (κ3) is 4.46. The fourth-order valence-electron chi connectivity index (χ4n) is 1.81. The summed E-state index contributed by atoms with van der Waals surface area (Å²) in [5, 5.41) is 0.119. The summed E-state index contributed by atoms with van der Waals surface area (Å²) in [7, 11) is -4.13. The third-order valence-corrected chi connectivity index (χ3v) is 4.86. The van der Waals surface area contributed by atoms with Crippen LogP contribution in [0, 0.1) is 6.92 Å². The van der Waals surface area contributed by atoms with Gasteiger partial charge in [-0.25, -0.2) is 8.42 Å². The number of halogens is 4. The minimum Gasteiger partial charge on any atom is -0.433 e. The number of anilines is 1. The summed E-state index contributed by atoms with van der Waals surface area (Å²) in [6.07, 6.45) is 0. The van der Waals surface area contributed by atoms with Crippen LogP contribution in [-0.4, -0.2) is 15.0 Å². The van der Waals surface area contributed by atoms with Gasteiger partial charge >= 0.3 is 6.61 Å². The van der Waals surface area contributed by atoms with Crippen molar-refractivity contribution in [1.82, 2.24) is 0 Å². The summed E-state index contributed by atoms with van der Waals surface area (Å²) in [4.78, 5) is -0.267. The maximum atomic E-state index is 12.4. The molecule has 124 valence electrons. The number of hydrogen-bond acceptors (Lipinski definition) is 3. The van der Waals surface area contributed by atoms with Gasteiger partial charge in [-0.05, 0) is 42.8 Å². The van der Waals surface area contributed by atoms with Crippen LogP contribution in [0.15, 0.2) is 41.3 Å². The molecule has 0 saturated carbocycles. The van der Waals surface area contributed by atoms with Crippen LogP contribution in [0.2, 0.25) is 10.0 Å². The average Bonchev–Trinajstić information content (AvgIpc) is 2.43. The molecule has 0 aromatic heterocycles. The normalized spacial score (nSPS) is 11.6. The topological polar surface area (TPSA) is 55.4 Å². The van der Waals surface area contributed by atoms with Gasteiger partial charge in [0.05, 0.1) is 10.7 Å². The standard InChI is InChI=1S/C14H11Cl2F2NO3S/c1-8-2-5-12(22-14(17)18)11(6-8)19-23(20,21)13-7-9(15)3-4-10(13)16/h2-7,14,19H,1H3. The van der Waals surface area contributed by atoms with Crippen molar-refractivity contribution in [3.05, 3.63) is 52.0 Å². The molecule has 0 spiro atoms. The molecule has 2 aromatic carbocycles. The van der Waals surface area contributed by atoms with Gasteiger partial charge in [0.2, 0.25) is 0 Å². The Morgan fingerprint density at radius 2 is 1.83 bits per heavy atom. The van der Waals surface area contributed by atoms with Crippen LogP contribution in [0.5, 0.6) is 5.75 Å². The van der Waals surface area contributed by atoms with E-state index in [2.05, 4.69) is 9.46 Å². The van der Waals surface area contributed by atoms with Crippen molar-refractivity contribution in [2.45, 2.75) is 18.4 Å². The maximum absolute atomic E-state index is 12.4. The van der Waals surface area contributed by atoms with Crippen LogP contribution in [0.1, 0.15) is 5.56 Å². The van der Waals surface area contributed by atoms with Crippen molar-refractivity contribution in [3.8, 4) is 5.75 Å². The molecule has 9 heteroatoms. The van der Waals surface area contributed by atoms with Crippen LogP contribution in [0.3, 0.4) is 0 Å². The Balaban J connectivity index is 2.44. The minimum atomic E-state index is -4.13. The van der Waals surface area contributed by atoms with Crippen molar-refractivity contribution >= 4 is 38.9 Å². The molecule has 0 aliphatic heterocycles. The van der Waals surface area contributed by atoms with E-state index in [1.54, 1.807) is 6.92 Å². The Morgan fingerprint density at radius 1 is 1.13 bits per heavy atom. The second-order valence-electron chi connectivity index (χ2n) is 4.56. The molecule has 0 unspecified atom stereocenters. The Labute approximate surface area is 142 Å². The van der Waals surface area contributed by atoms with E-state index in [0.29, 0.717) is 5.56 Å². The van der Waals surface area contributed by atoms with Gasteiger partial charge in [-0.2, -0.15) is 8.78 Å². The predicted molar refractivity (Wildman–Crippen MR) is 85.1 cm³/mol. The smallest absolute Gasteiger partial charge is 0.387 e. The minimum absolute atomic E-state index is 0.0501. The molecule has 23 heavy (non-hydrogen) atoms. The monoisotopic (exact) mass is 381 g/mol. The first-order chi connectivity index (χ1) is 10.7. The second kappa shape index (κ2) is 6.90. The number of rotatable bonds is 5.